The van der Waals surface area contributed by atoms with Crippen LogP contribution in [0.1, 0.15) is 36.3 Å². The molecule has 1 saturated carbocycles. The highest BCUT2D eigenvalue weighted by Crippen LogP contribution is 2.44. The molecule has 4 heterocycles. The van der Waals surface area contributed by atoms with E-state index < -0.39 is 0 Å². The van der Waals surface area contributed by atoms with Gasteiger partial charge in [0.05, 0.1) is 19.8 Å². The molecule has 0 radical (unpaired) electrons. The van der Waals surface area contributed by atoms with E-state index in [4.69, 9.17) is 25.2 Å². The van der Waals surface area contributed by atoms with E-state index in [0.717, 1.165) is 75.3 Å². The van der Waals surface area contributed by atoms with E-state index in [1.807, 2.05) is 12.3 Å². The van der Waals surface area contributed by atoms with E-state index in [1.165, 1.54) is 24.0 Å². The molecule has 0 unspecified atom stereocenters. The molecule has 2 aromatic rings. The smallest absolute Gasteiger partial charge is 0.165 e. The zero-order valence-corrected chi connectivity index (χ0v) is 16.7. The molecule has 0 atom stereocenters. The van der Waals surface area contributed by atoms with Gasteiger partial charge in [0.1, 0.15) is 17.5 Å². The lowest BCUT2D eigenvalue weighted by Gasteiger charge is -2.30. The van der Waals surface area contributed by atoms with Crippen molar-refractivity contribution in [3.8, 4) is 11.4 Å². The van der Waals surface area contributed by atoms with Crippen LogP contribution in [0.2, 0.25) is 0 Å². The number of nitrogens with two attached hydrogens (primary N) is 1. The van der Waals surface area contributed by atoms with Crippen molar-refractivity contribution >= 4 is 17.5 Å². The molecule has 2 aliphatic heterocycles. The molecule has 2 fully saturated rings. The molecule has 0 spiro atoms. The number of fused-ring (bicyclic) bond motifs is 1. The molecule has 8 nitrogen and oxygen atoms in total. The molecule has 1 aliphatic carbocycles. The highest BCUT2D eigenvalue weighted by atomic mass is 16.5. The highest BCUT2D eigenvalue weighted by Gasteiger charge is 2.29. The molecular formula is C21H28N6O2. The Hall–Kier alpha value is -2.45. The number of morpholine rings is 1. The predicted octanol–water partition coefficient (Wildman–Crippen LogP) is 2.21. The molecule has 3 N–H and O–H groups in total. The number of hydrogen-bond acceptors (Lipinski definition) is 8. The minimum atomic E-state index is 0.539. The van der Waals surface area contributed by atoms with Crippen LogP contribution < -0.4 is 16.0 Å². The Labute approximate surface area is 170 Å². The molecular weight excluding hydrogens is 368 g/mol. The van der Waals surface area contributed by atoms with Crippen molar-refractivity contribution in [2.45, 2.75) is 31.6 Å². The fraction of sp³-hybridized carbons (Fsp3) is 0.571. The van der Waals surface area contributed by atoms with Gasteiger partial charge in [0.25, 0.3) is 0 Å². The van der Waals surface area contributed by atoms with Crippen LogP contribution in [-0.4, -0.2) is 61.0 Å². The van der Waals surface area contributed by atoms with Gasteiger partial charge in [-0.15, -0.1) is 0 Å². The second-order valence-electron chi connectivity index (χ2n) is 7.91. The molecule has 5 rings (SSSR count). The Morgan fingerprint density at radius 1 is 1.07 bits per heavy atom. The van der Waals surface area contributed by atoms with Crippen molar-refractivity contribution < 1.29 is 9.47 Å². The van der Waals surface area contributed by atoms with Gasteiger partial charge < -0.3 is 25.4 Å². The van der Waals surface area contributed by atoms with Crippen LogP contribution in [0.4, 0.5) is 17.5 Å². The van der Waals surface area contributed by atoms with Gasteiger partial charge >= 0.3 is 0 Å². The zero-order chi connectivity index (χ0) is 19.6. The average Bonchev–Trinajstić information content (AvgIpc) is 3.58. The van der Waals surface area contributed by atoms with Gasteiger partial charge in [-0.1, -0.05) is 0 Å². The van der Waals surface area contributed by atoms with Gasteiger partial charge in [0.2, 0.25) is 0 Å². The van der Waals surface area contributed by atoms with Crippen LogP contribution in [0.15, 0.2) is 12.3 Å². The number of nitrogens with one attached hydrogen (secondary N) is 1. The van der Waals surface area contributed by atoms with Gasteiger partial charge in [-0.3, -0.25) is 0 Å². The van der Waals surface area contributed by atoms with Crippen LogP contribution in [-0.2, 0) is 15.9 Å². The second kappa shape index (κ2) is 8.12. The van der Waals surface area contributed by atoms with Gasteiger partial charge in [0.15, 0.2) is 5.82 Å². The standard InChI is InChI=1S/C21H28N6O2/c22-18-12-16(14-3-4-14)17(13-24-18)20-25-19-15(2-1-8-28-9-5-23-19)21(26-20)27-6-10-29-11-7-27/h12-14H,1-11H2,(H2,22,24)(H,23,25,26). The summed E-state index contributed by atoms with van der Waals surface area (Å²) in [6.45, 7) is 5.32. The number of nitrogens with zero attached hydrogens (tertiary/aromatic N) is 4. The lowest BCUT2D eigenvalue weighted by molar-refractivity contribution is 0.122. The molecule has 3 aliphatic rings. The summed E-state index contributed by atoms with van der Waals surface area (Å²) in [7, 11) is 0. The highest BCUT2D eigenvalue weighted by molar-refractivity contribution is 5.70. The number of ether oxygens (including phenoxy) is 2. The molecule has 8 heteroatoms. The van der Waals surface area contributed by atoms with E-state index in [0.29, 0.717) is 18.3 Å². The molecule has 0 bridgehead atoms. The zero-order valence-electron chi connectivity index (χ0n) is 16.7. The fourth-order valence-electron chi connectivity index (χ4n) is 4.11. The van der Waals surface area contributed by atoms with Crippen LogP contribution >= 0.6 is 0 Å². The Morgan fingerprint density at radius 3 is 2.72 bits per heavy atom. The number of rotatable bonds is 3. The SMILES string of the molecule is Nc1cc(C2CC2)c(-c2nc3c(c(N4CCOCC4)n2)CCCOCCN3)cn1. The van der Waals surface area contributed by atoms with Crippen LogP contribution in [0.25, 0.3) is 11.4 Å². The topological polar surface area (TPSA) is 98.4 Å². The molecule has 154 valence electrons. The van der Waals surface area contributed by atoms with Crippen LogP contribution in [0.3, 0.4) is 0 Å². The van der Waals surface area contributed by atoms with Crippen molar-refractivity contribution in [2.75, 3.05) is 62.0 Å². The third-order valence-corrected chi connectivity index (χ3v) is 5.77. The van der Waals surface area contributed by atoms with E-state index in [9.17, 15) is 0 Å². The molecule has 29 heavy (non-hydrogen) atoms. The maximum absolute atomic E-state index is 5.98. The van der Waals surface area contributed by atoms with Crippen LogP contribution in [0, 0.1) is 0 Å². The first-order valence-electron chi connectivity index (χ1n) is 10.6. The maximum Gasteiger partial charge on any atom is 0.165 e. The third-order valence-electron chi connectivity index (χ3n) is 5.77. The van der Waals surface area contributed by atoms with Crippen LogP contribution in [0.5, 0.6) is 0 Å². The summed E-state index contributed by atoms with van der Waals surface area (Å²) in [5, 5.41) is 3.49. The second-order valence-corrected chi connectivity index (χ2v) is 7.91. The number of anilines is 3. The summed E-state index contributed by atoms with van der Waals surface area (Å²) < 4.78 is 11.3. The normalized spacial score (nSPS) is 20.2. The van der Waals surface area contributed by atoms with E-state index in [1.54, 1.807) is 0 Å². The summed E-state index contributed by atoms with van der Waals surface area (Å²) in [6.07, 6.45) is 6.07. The quantitative estimate of drug-likeness (QED) is 0.815. The summed E-state index contributed by atoms with van der Waals surface area (Å²) in [5.41, 5.74) is 9.38. The largest absolute Gasteiger partial charge is 0.384 e. The first-order chi connectivity index (χ1) is 14.3. The Balaban J connectivity index is 1.62. The van der Waals surface area contributed by atoms with E-state index >= 15 is 0 Å². The Morgan fingerprint density at radius 2 is 1.90 bits per heavy atom. The van der Waals surface area contributed by atoms with Gasteiger partial charge in [-0.25, -0.2) is 15.0 Å². The monoisotopic (exact) mass is 396 g/mol. The maximum atomic E-state index is 5.98. The van der Waals surface area contributed by atoms with Crippen molar-refractivity contribution in [2.24, 2.45) is 0 Å². The van der Waals surface area contributed by atoms with E-state index in [-0.39, 0.29) is 0 Å². The minimum absolute atomic E-state index is 0.539. The number of hydrogen-bond donors (Lipinski definition) is 2. The van der Waals surface area contributed by atoms with Crippen molar-refractivity contribution in [3.63, 3.8) is 0 Å². The molecule has 2 aromatic heterocycles. The van der Waals surface area contributed by atoms with Gasteiger partial charge in [-0.05, 0) is 43.2 Å². The Kier molecular flexibility index (Phi) is 5.20. The summed E-state index contributed by atoms with van der Waals surface area (Å²) in [5.74, 6) is 3.76. The Bertz CT molecular complexity index is 880. The first-order valence-corrected chi connectivity index (χ1v) is 10.6. The minimum Gasteiger partial charge on any atom is -0.384 e. The van der Waals surface area contributed by atoms with E-state index in [2.05, 4.69) is 15.2 Å². The lowest BCUT2D eigenvalue weighted by Crippen LogP contribution is -2.37. The average molecular weight is 396 g/mol. The number of nitrogen functional groups attached to an aromatic ring is 1. The molecule has 1 saturated heterocycles. The van der Waals surface area contributed by atoms with Crippen molar-refractivity contribution in [1.82, 2.24) is 15.0 Å². The summed E-state index contributed by atoms with van der Waals surface area (Å²) in [4.78, 5) is 16.7. The van der Waals surface area contributed by atoms with Crippen molar-refractivity contribution in [1.29, 1.82) is 0 Å². The number of pyridine rings is 1. The van der Waals surface area contributed by atoms with Gasteiger partial charge in [0, 0.05) is 43.6 Å². The fourth-order valence-corrected chi connectivity index (χ4v) is 4.11. The first kappa shape index (κ1) is 18.6. The van der Waals surface area contributed by atoms with Crippen molar-refractivity contribution in [3.05, 3.63) is 23.4 Å². The summed E-state index contributed by atoms with van der Waals surface area (Å²) >= 11 is 0. The number of aromatic nitrogens is 3. The predicted molar refractivity (Wildman–Crippen MR) is 112 cm³/mol. The molecule has 0 amide bonds. The lowest BCUT2D eigenvalue weighted by atomic mass is 10.0. The third kappa shape index (κ3) is 4.00. The van der Waals surface area contributed by atoms with Gasteiger partial charge in [-0.2, -0.15) is 0 Å². The summed E-state index contributed by atoms with van der Waals surface area (Å²) in [6, 6.07) is 1.99. The molecule has 0 aromatic carbocycles.